The molecule has 5 heteroatoms. The van der Waals surface area contributed by atoms with Crippen LogP contribution in [0.4, 0.5) is 0 Å². The van der Waals surface area contributed by atoms with Gasteiger partial charge in [-0.05, 0) is 0 Å². The molecule has 2 fully saturated rings. The number of amides is 1. The van der Waals surface area contributed by atoms with Crippen molar-refractivity contribution >= 4 is 5.91 Å². The average molecular weight is 201 g/mol. The van der Waals surface area contributed by atoms with Gasteiger partial charge in [0.05, 0.1) is 26.2 Å². The molecule has 0 bridgehead atoms. The SMILES string of the molecule is CON(C)C(=O)C1CC2(C1)OCCO2. The van der Waals surface area contributed by atoms with Gasteiger partial charge >= 0.3 is 0 Å². The molecule has 1 spiro atoms. The largest absolute Gasteiger partial charge is 0.347 e. The summed E-state index contributed by atoms with van der Waals surface area (Å²) in [7, 11) is 3.10. The van der Waals surface area contributed by atoms with E-state index in [0.717, 1.165) is 0 Å². The molecule has 0 N–H and O–H groups in total. The van der Waals surface area contributed by atoms with Crippen LogP contribution in [0.5, 0.6) is 0 Å². The number of hydroxylamine groups is 2. The monoisotopic (exact) mass is 201 g/mol. The Hall–Kier alpha value is -0.650. The van der Waals surface area contributed by atoms with E-state index in [0.29, 0.717) is 26.1 Å². The van der Waals surface area contributed by atoms with Crippen LogP contribution >= 0.6 is 0 Å². The summed E-state index contributed by atoms with van der Waals surface area (Å²) in [5.41, 5.74) is 0. The fourth-order valence-electron chi connectivity index (χ4n) is 1.95. The van der Waals surface area contributed by atoms with E-state index in [1.54, 1.807) is 7.05 Å². The lowest BCUT2D eigenvalue weighted by Crippen LogP contribution is -2.51. The van der Waals surface area contributed by atoms with E-state index < -0.39 is 5.79 Å². The van der Waals surface area contributed by atoms with Crippen LogP contribution in [0.15, 0.2) is 0 Å². The Morgan fingerprint density at radius 1 is 1.43 bits per heavy atom. The van der Waals surface area contributed by atoms with Crippen molar-refractivity contribution in [3.8, 4) is 0 Å². The molecule has 0 aromatic rings. The van der Waals surface area contributed by atoms with Gasteiger partial charge in [0, 0.05) is 19.9 Å². The first-order valence-corrected chi connectivity index (χ1v) is 4.76. The first kappa shape index (κ1) is 9.89. The van der Waals surface area contributed by atoms with E-state index in [1.807, 2.05) is 0 Å². The summed E-state index contributed by atoms with van der Waals surface area (Å²) in [6, 6.07) is 0. The van der Waals surface area contributed by atoms with Gasteiger partial charge in [-0.3, -0.25) is 9.63 Å². The predicted molar refractivity (Wildman–Crippen MR) is 47.1 cm³/mol. The fraction of sp³-hybridized carbons (Fsp3) is 0.889. The van der Waals surface area contributed by atoms with Crippen LogP contribution in [0.3, 0.4) is 0 Å². The number of hydrogen-bond donors (Lipinski definition) is 0. The number of ether oxygens (including phenoxy) is 2. The van der Waals surface area contributed by atoms with Gasteiger partial charge in [-0.2, -0.15) is 0 Å². The van der Waals surface area contributed by atoms with Crippen molar-refractivity contribution in [2.75, 3.05) is 27.4 Å². The Morgan fingerprint density at radius 3 is 2.50 bits per heavy atom. The molecular weight excluding hydrogens is 186 g/mol. The minimum Gasteiger partial charge on any atom is -0.347 e. The number of carbonyl (C=O) groups is 1. The highest BCUT2D eigenvalue weighted by Gasteiger charge is 2.52. The van der Waals surface area contributed by atoms with Crippen LogP contribution in [-0.4, -0.2) is 44.1 Å². The molecule has 0 radical (unpaired) electrons. The van der Waals surface area contributed by atoms with Crippen molar-refractivity contribution in [2.45, 2.75) is 18.6 Å². The molecule has 0 aromatic carbocycles. The van der Waals surface area contributed by atoms with Crippen LogP contribution in [0.2, 0.25) is 0 Å². The molecule has 5 nitrogen and oxygen atoms in total. The van der Waals surface area contributed by atoms with Crippen molar-refractivity contribution in [1.82, 2.24) is 5.06 Å². The van der Waals surface area contributed by atoms with Crippen LogP contribution in [0.25, 0.3) is 0 Å². The van der Waals surface area contributed by atoms with Crippen LogP contribution in [-0.2, 0) is 19.1 Å². The van der Waals surface area contributed by atoms with Gasteiger partial charge < -0.3 is 9.47 Å². The summed E-state index contributed by atoms with van der Waals surface area (Å²) in [6.45, 7) is 1.28. The van der Waals surface area contributed by atoms with Gasteiger partial charge in [-0.1, -0.05) is 0 Å². The number of hydrogen-bond acceptors (Lipinski definition) is 4. The van der Waals surface area contributed by atoms with Crippen molar-refractivity contribution < 1.29 is 19.1 Å². The Kier molecular flexibility index (Phi) is 2.47. The third-order valence-electron chi connectivity index (χ3n) is 2.86. The van der Waals surface area contributed by atoms with E-state index in [1.165, 1.54) is 12.2 Å². The van der Waals surface area contributed by atoms with Crippen molar-refractivity contribution in [3.63, 3.8) is 0 Å². The third kappa shape index (κ3) is 1.51. The molecule has 2 rings (SSSR count). The first-order valence-electron chi connectivity index (χ1n) is 4.76. The minimum absolute atomic E-state index is 0.00257. The smallest absolute Gasteiger partial charge is 0.249 e. The second kappa shape index (κ2) is 3.49. The molecule has 14 heavy (non-hydrogen) atoms. The van der Waals surface area contributed by atoms with E-state index in [9.17, 15) is 4.79 Å². The Labute approximate surface area is 82.9 Å². The second-order valence-corrected chi connectivity index (χ2v) is 3.73. The van der Waals surface area contributed by atoms with Gasteiger partial charge in [0.1, 0.15) is 0 Å². The van der Waals surface area contributed by atoms with Crippen LogP contribution in [0.1, 0.15) is 12.8 Å². The number of carbonyl (C=O) groups excluding carboxylic acids is 1. The van der Waals surface area contributed by atoms with Gasteiger partial charge in [0.25, 0.3) is 0 Å². The summed E-state index contributed by atoms with van der Waals surface area (Å²) in [5.74, 6) is -0.468. The number of nitrogens with zero attached hydrogens (tertiary/aromatic N) is 1. The zero-order valence-corrected chi connectivity index (χ0v) is 8.49. The van der Waals surface area contributed by atoms with E-state index in [-0.39, 0.29) is 11.8 Å². The van der Waals surface area contributed by atoms with Crippen LogP contribution in [0, 0.1) is 5.92 Å². The molecule has 1 aliphatic heterocycles. The highest BCUT2D eigenvalue weighted by molar-refractivity contribution is 5.78. The van der Waals surface area contributed by atoms with Crippen molar-refractivity contribution in [3.05, 3.63) is 0 Å². The molecule has 1 saturated carbocycles. The summed E-state index contributed by atoms with van der Waals surface area (Å²) >= 11 is 0. The van der Waals surface area contributed by atoms with Gasteiger partial charge in [-0.25, -0.2) is 5.06 Å². The third-order valence-corrected chi connectivity index (χ3v) is 2.86. The maximum Gasteiger partial charge on any atom is 0.249 e. The van der Waals surface area contributed by atoms with Crippen molar-refractivity contribution in [1.29, 1.82) is 0 Å². The quantitative estimate of drug-likeness (QED) is 0.597. The molecular formula is C9H15NO4. The van der Waals surface area contributed by atoms with Crippen LogP contribution < -0.4 is 0 Å². The Morgan fingerprint density at radius 2 is 2.00 bits per heavy atom. The molecule has 1 amide bonds. The lowest BCUT2D eigenvalue weighted by atomic mass is 9.78. The van der Waals surface area contributed by atoms with Gasteiger partial charge in [-0.15, -0.1) is 0 Å². The zero-order valence-electron chi connectivity index (χ0n) is 8.49. The Bertz CT molecular complexity index is 229. The molecule has 1 aliphatic carbocycles. The molecule has 0 atom stereocenters. The lowest BCUT2D eigenvalue weighted by molar-refractivity contribution is -0.239. The van der Waals surface area contributed by atoms with Crippen molar-refractivity contribution in [2.24, 2.45) is 5.92 Å². The average Bonchev–Trinajstić information content (AvgIpc) is 2.61. The van der Waals surface area contributed by atoms with Gasteiger partial charge in [0.15, 0.2) is 5.79 Å². The van der Waals surface area contributed by atoms with E-state index >= 15 is 0 Å². The highest BCUT2D eigenvalue weighted by atomic mass is 16.7. The zero-order chi connectivity index (χ0) is 10.2. The summed E-state index contributed by atoms with van der Waals surface area (Å²) < 4.78 is 10.9. The standard InChI is InChI=1S/C9H15NO4/c1-10(12-2)8(11)7-5-9(6-7)13-3-4-14-9/h7H,3-6H2,1-2H3. The molecule has 1 heterocycles. The summed E-state index contributed by atoms with van der Waals surface area (Å²) in [5, 5.41) is 1.26. The predicted octanol–water partition coefficient (Wildman–Crippen LogP) is 0.159. The molecule has 0 aromatic heterocycles. The summed E-state index contributed by atoms with van der Waals surface area (Å²) in [6.07, 6.45) is 1.30. The molecule has 1 saturated heterocycles. The number of rotatable bonds is 2. The fourth-order valence-corrected chi connectivity index (χ4v) is 1.95. The maximum absolute atomic E-state index is 11.6. The second-order valence-electron chi connectivity index (χ2n) is 3.73. The van der Waals surface area contributed by atoms with Gasteiger partial charge in [0.2, 0.25) is 5.91 Å². The lowest BCUT2D eigenvalue weighted by Gasteiger charge is -2.42. The molecule has 2 aliphatic rings. The highest BCUT2D eigenvalue weighted by Crippen LogP contribution is 2.44. The maximum atomic E-state index is 11.6. The Balaban J connectivity index is 1.84. The molecule has 80 valence electrons. The summed E-state index contributed by atoms with van der Waals surface area (Å²) in [4.78, 5) is 16.4. The van der Waals surface area contributed by atoms with E-state index in [4.69, 9.17) is 14.3 Å². The topological polar surface area (TPSA) is 48.0 Å². The normalized spacial score (nSPS) is 25.0. The first-order chi connectivity index (χ1) is 6.67. The van der Waals surface area contributed by atoms with E-state index in [2.05, 4.69) is 0 Å². The molecule has 0 unspecified atom stereocenters. The minimum atomic E-state index is -0.449.